The average molecular weight is 207 g/mol. The summed E-state index contributed by atoms with van der Waals surface area (Å²) in [5, 5.41) is 3.09. The Morgan fingerprint density at radius 2 is 2.00 bits per heavy atom. The van der Waals surface area contributed by atoms with Gasteiger partial charge in [0, 0.05) is 13.0 Å². The number of nitrogens with one attached hydrogen (secondary N) is 1. The average Bonchev–Trinajstić information content (AvgIpc) is 2.84. The summed E-state index contributed by atoms with van der Waals surface area (Å²) in [6, 6.07) is 0. The Bertz CT molecular complexity index is 259. The van der Waals surface area contributed by atoms with Gasteiger partial charge in [-0.25, -0.2) is 0 Å². The molecule has 2 bridgehead atoms. The Labute approximate surface area is 91.8 Å². The molecular formula is C13H21NO. The van der Waals surface area contributed by atoms with E-state index in [1.54, 1.807) is 0 Å². The van der Waals surface area contributed by atoms with Crippen molar-refractivity contribution < 1.29 is 4.79 Å². The highest BCUT2D eigenvalue weighted by Gasteiger charge is 2.40. The van der Waals surface area contributed by atoms with E-state index in [1.807, 2.05) is 0 Å². The minimum atomic E-state index is 0.319. The molecule has 0 aromatic rings. The van der Waals surface area contributed by atoms with Crippen molar-refractivity contribution in [1.82, 2.24) is 5.32 Å². The highest BCUT2D eigenvalue weighted by atomic mass is 16.1. The van der Waals surface area contributed by atoms with E-state index in [2.05, 4.69) is 5.32 Å². The first-order chi connectivity index (χ1) is 7.31. The van der Waals surface area contributed by atoms with Gasteiger partial charge in [0.1, 0.15) is 0 Å². The van der Waals surface area contributed by atoms with Crippen molar-refractivity contribution in [3.8, 4) is 0 Å². The molecule has 0 saturated heterocycles. The first kappa shape index (κ1) is 9.68. The van der Waals surface area contributed by atoms with E-state index in [-0.39, 0.29) is 0 Å². The summed E-state index contributed by atoms with van der Waals surface area (Å²) in [5.74, 6) is 3.72. The lowest BCUT2D eigenvalue weighted by atomic mass is 9.86. The van der Waals surface area contributed by atoms with Gasteiger partial charge in [-0.2, -0.15) is 0 Å². The van der Waals surface area contributed by atoms with Gasteiger partial charge >= 0.3 is 0 Å². The van der Waals surface area contributed by atoms with Gasteiger partial charge in [0.05, 0.1) is 0 Å². The second-order valence-electron chi connectivity index (χ2n) is 5.89. The molecule has 3 saturated carbocycles. The largest absolute Gasteiger partial charge is 0.356 e. The number of hydrogen-bond acceptors (Lipinski definition) is 1. The van der Waals surface area contributed by atoms with Crippen LogP contribution in [0.5, 0.6) is 0 Å². The van der Waals surface area contributed by atoms with Crippen LogP contribution in [-0.2, 0) is 4.79 Å². The molecule has 3 aliphatic rings. The van der Waals surface area contributed by atoms with Gasteiger partial charge in [-0.05, 0) is 55.8 Å². The molecule has 3 fully saturated rings. The molecule has 0 aromatic carbocycles. The van der Waals surface area contributed by atoms with Crippen LogP contribution in [0.3, 0.4) is 0 Å². The third-order valence-electron chi connectivity index (χ3n) is 4.62. The van der Waals surface area contributed by atoms with Gasteiger partial charge in [-0.1, -0.05) is 6.42 Å². The van der Waals surface area contributed by atoms with Crippen LogP contribution in [0.25, 0.3) is 0 Å². The lowest BCUT2D eigenvalue weighted by Gasteiger charge is -2.20. The maximum absolute atomic E-state index is 11.7. The number of hydrogen-bond donors (Lipinski definition) is 1. The molecule has 0 spiro atoms. The molecule has 0 radical (unpaired) electrons. The van der Waals surface area contributed by atoms with Crippen LogP contribution in [0.15, 0.2) is 0 Å². The quantitative estimate of drug-likeness (QED) is 0.753. The highest BCUT2D eigenvalue weighted by Crippen LogP contribution is 2.49. The minimum Gasteiger partial charge on any atom is -0.356 e. The van der Waals surface area contributed by atoms with Crippen molar-refractivity contribution in [3.63, 3.8) is 0 Å². The zero-order valence-electron chi connectivity index (χ0n) is 9.37. The summed E-state index contributed by atoms with van der Waals surface area (Å²) in [6.07, 6.45) is 9.05. The monoisotopic (exact) mass is 207 g/mol. The van der Waals surface area contributed by atoms with E-state index in [1.165, 1.54) is 38.5 Å². The van der Waals surface area contributed by atoms with Crippen molar-refractivity contribution in [1.29, 1.82) is 0 Å². The van der Waals surface area contributed by atoms with E-state index in [9.17, 15) is 4.79 Å². The van der Waals surface area contributed by atoms with Gasteiger partial charge in [-0.3, -0.25) is 4.79 Å². The van der Waals surface area contributed by atoms with E-state index in [4.69, 9.17) is 0 Å². The summed E-state index contributed by atoms with van der Waals surface area (Å²) in [6.45, 7) is 0.944. The van der Waals surface area contributed by atoms with Gasteiger partial charge in [0.15, 0.2) is 0 Å². The highest BCUT2D eigenvalue weighted by molar-refractivity contribution is 5.76. The predicted octanol–water partition coefficient (Wildman–Crippen LogP) is 2.34. The van der Waals surface area contributed by atoms with Crippen molar-refractivity contribution in [3.05, 3.63) is 0 Å². The maximum Gasteiger partial charge on any atom is 0.220 e. The van der Waals surface area contributed by atoms with Crippen LogP contribution < -0.4 is 5.32 Å². The van der Waals surface area contributed by atoms with Crippen LogP contribution >= 0.6 is 0 Å². The number of carbonyl (C=O) groups is 1. The van der Waals surface area contributed by atoms with Crippen molar-refractivity contribution in [2.75, 3.05) is 6.54 Å². The third-order valence-corrected chi connectivity index (χ3v) is 4.62. The van der Waals surface area contributed by atoms with Gasteiger partial charge in [0.25, 0.3) is 0 Å². The fraction of sp³-hybridized carbons (Fsp3) is 0.923. The lowest BCUT2D eigenvalue weighted by molar-refractivity contribution is -0.122. The smallest absolute Gasteiger partial charge is 0.220 e. The first-order valence-corrected chi connectivity index (χ1v) is 6.58. The van der Waals surface area contributed by atoms with E-state index in [0.717, 1.165) is 36.6 Å². The third kappa shape index (κ3) is 2.19. The van der Waals surface area contributed by atoms with E-state index >= 15 is 0 Å². The summed E-state index contributed by atoms with van der Waals surface area (Å²) < 4.78 is 0. The van der Waals surface area contributed by atoms with Gasteiger partial charge in [0.2, 0.25) is 5.91 Å². The summed E-state index contributed by atoms with van der Waals surface area (Å²) in [5.41, 5.74) is 0. The molecule has 0 unspecified atom stereocenters. The number of fused-ring (bicyclic) bond motifs is 2. The predicted molar refractivity (Wildman–Crippen MR) is 59.3 cm³/mol. The molecule has 2 nitrogen and oxygen atoms in total. The summed E-state index contributed by atoms with van der Waals surface area (Å²) >= 11 is 0. The van der Waals surface area contributed by atoms with Crippen LogP contribution in [0.2, 0.25) is 0 Å². The summed E-state index contributed by atoms with van der Waals surface area (Å²) in [4.78, 5) is 11.7. The number of amides is 1. The zero-order valence-corrected chi connectivity index (χ0v) is 9.37. The Morgan fingerprint density at radius 3 is 2.60 bits per heavy atom. The minimum absolute atomic E-state index is 0.319. The van der Waals surface area contributed by atoms with E-state index in [0.29, 0.717) is 5.91 Å². The maximum atomic E-state index is 11.7. The fourth-order valence-corrected chi connectivity index (χ4v) is 3.52. The van der Waals surface area contributed by atoms with Crippen LogP contribution in [0.1, 0.15) is 44.9 Å². The molecule has 1 N–H and O–H groups in total. The van der Waals surface area contributed by atoms with Crippen LogP contribution in [0.4, 0.5) is 0 Å². The molecule has 1 amide bonds. The van der Waals surface area contributed by atoms with Gasteiger partial charge < -0.3 is 5.32 Å². The molecule has 0 aliphatic heterocycles. The first-order valence-electron chi connectivity index (χ1n) is 6.58. The second kappa shape index (κ2) is 3.80. The molecule has 3 aliphatic carbocycles. The second-order valence-corrected chi connectivity index (χ2v) is 5.89. The summed E-state index contributed by atoms with van der Waals surface area (Å²) in [7, 11) is 0. The lowest BCUT2D eigenvalue weighted by Crippen LogP contribution is -2.28. The van der Waals surface area contributed by atoms with Crippen LogP contribution in [-0.4, -0.2) is 12.5 Å². The standard InChI is InChI=1S/C13H21NO/c15-13(14-8-9-1-2-9)7-12-6-10-3-4-11(12)5-10/h9-12H,1-8H2,(H,14,15)/t10-,11-,12-/m0/s1. The Morgan fingerprint density at radius 1 is 1.13 bits per heavy atom. The Hall–Kier alpha value is -0.530. The number of carbonyl (C=O) groups excluding carboxylic acids is 1. The molecule has 0 heterocycles. The molecule has 2 heteroatoms. The van der Waals surface area contributed by atoms with Crippen molar-refractivity contribution >= 4 is 5.91 Å². The number of rotatable bonds is 4. The molecule has 3 atom stereocenters. The fourth-order valence-electron chi connectivity index (χ4n) is 3.52. The Balaban J connectivity index is 1.42. The normalized spacial score (nSPS) is 38.3. The molecule has 3 rings (SSSR count). The van der Waals surface area contributed by atoms with Crippen LogP contribution in [0, 0.1) is 23.7 Å². The van der Waals surface area contributed by atoms with Crippen molar-refractivity contribution in [2.24, 2.45) is 23.7 Å². The van der Waals surface area contributed by atoms with Gasteiger partial charge in [-0.15, -0.1) is 0 Å². The molecule has 15 heavy (non-hydrogen) atoms. The van der Waals surface area contributed by atoms with E-state index < -0.39 is 0 Å². The molecule has 84 valence electrons. The van der Waals surface area contributed by atoms with Crippen molar-refractivity contribution in [2.45, 2.75) is 44.9 Å². The Kier molecular flexibility index (Phi) is 2.45. The SMILES string of the molecule is O=C(C[C@@H]1C[C@H]2CC[C@H]1C2)NCC1CC1. The molecular weight excluding hydrogens is 186 g/mol. The zero-order chi connectivity index (χ0) is 10.3. The molecule has 0 aromatic heterocycles. The topological polar surface area (TPSA) is 29.1 Å².